The molecule has 206 valence electrons. The molecule has 0 saturated carbocycles. The van der Waals surface area contributed by atoms with Gasteiger partial charge in [-0.05, 0) is 88.3 Å². The number of benzene rings is 2. The van der Waals surface area contributed by atoms with Gasteiger partial charge in [-0.25, -0.2) is 4.79 Å². The van der Waals surface area contributed by atoms with Crippen LogP contribution in [0.25, 0.3) is 6.08 Å². The minimum atomic E-state index is -0.927. The second-order valence-corrected chi connectivity index (χ2v) is 11.1. The van der Waals surface area contributed by atoms with Crippen molar-refractivity contribution in [1.82, 2.24) is 10.2 Å². The summed E-state index contributed by atoms with van der Waals surface area (Å²) in [5.41, 5.74) is 3.35. The molecule has 3 amide bonds. The summed E-state index contributed by atoms with van der Waals surface area (Å²) in [5.74, 6) is -0.0348. The molecule has 7 nitrogen and oxygen atoms in total. The Balaban J connectivity index is 2.51. The van der Waals surface area contributed by atoms with E-state index < -0.39 is 23.8 Å². The van der Waals surface area contributed by atoms with E-state index in [4.69, 9.17) is 4.74 Å². The van der Waals surface area contributed by atoms with Crippen molar-refractivity contribution in [3.8, 4) is 0 Å². The van der Waals surface area contributed by atoms with Gasteiger partial charge in [0.15, 0.2) is 0 Å². The maximum atomic E-state index is 14.0. The predicted molar refractivity (Wildman–Crippen MR) is 157 cm³/mol. The van der Waals surface area contributed by atoms with Crippen LogP contribution in [0.1, 0.15) is 62.4 Å². The van der Waals surface area contributed by atoms with Crippen LogP contribution in [-0.4, -0.2) is 53.0 Å². The zero-order valence-corrected chi connectivity index (χ0v) is 24.4. The number of hydrogen-bond donors (Lipinski definition) is 2. The molecule has 2 aromatic rings. The van der Waals surface area contributed by atoms with E-state index in [-0.39, 0.29) is 18.4 Å². The van der Waals surface area contributed by atoms with Gasteiger partial charge in [0.1, 0.15) is 17.7 Å². The molecule has 0 aromatic heterocycles. The number of rotatable bonds is 11. The standard InChI is InChI=1S/C30H41N3O4S/c1-9-22-15-12-16-23(19-22)26(27(34)32-25-20(3)13-11-14-21(25)4)33(10-2)28(35)24(17-18-38-8)31-29(36)37-30(5,6)7/h9,11-16,19,24,26H,1,10,17-18H2,2-8H3,(H,31,36)(H,32,34). The number of carbonyl (C=O) groups is 3. The van der Waals surface area contributed by atoms with Crippen LogP contribution in [0.3, 0.4) is 0 Å². The lowest BCUT2D eigenvalue weighted by Gasteiger charge is -2.34. The molecule has 0 spiro atoms. The number of ether oxygens (including phenoxy) is 1. The van der Waals surface area contributed by atoms with Gasteiger partial charge in [-0.2, -0.15) is 11.8 Å². The molecule has 0 aliphatic rings. The van der Waals surface area contributed by atoms with E-state index in [0.29, 0.717) is 17.7 Å². The molecule has 38 heavy (non-hydrogen) atoms. The number of amides is 3. The highest BCUT2D eigenvalue weighted by molar-refractivity contribution is 7.98. The van der Waals surface area contributed by atoms with Crippen molar-refractivity contribution in [2.24, 2.45) is 0 Å². The molecule has 0 saturated heterocycles. The number of thioether (sulfide) groups is 1. The second-order valence-electron chi connectivity index (χ2n) is 10.1. The van der Waals surface area contributed by atoms with Crippen molar-refractivity contribution in [1.29, 1.82) is 0 Å². The largest absolute Gasteiger partial charge is 0.444 e. The summed E-state index contributed by atoms with van der Waals surface area (Å²) in [6.07, 6.45) is 3.37. The summed E-state index contributed by atoms with van der Waals surface area (Å²) >= 11 is 1.57. The molecule has 2 unspecified atom stereocenters. The Labute approximate surface area is 231 Å². The zero-order valence-electron chi connectivity index (χ0n) is 23.6. The van der Waals surface area contributed by atoms with Crippen molar-refractivity contribution >= 4 is 41.4 Å². The first-order chi connectivity index (χ1) is 17.9. The third-order valence-corrected chi connectivity index (χ3v) is 6.62. The summed E-state index contributed by atoms with van der Waals surface area (Å²) in [5, 5.41) is 5.81. The van der Waals surface area contributed by atoms with E-state index in [1.165, 1.54) is 4.90 Å². The van der Waals surface area contributed by atoms with Crippen LogP contribution in [-0.2, 0) is 14.3 Å². The van der Waals surface area contributed by atoms with Gasteiger partial charge in [0.2, 0.25) is 5.91 Å². The average Bonchev–Trinajstić information content (AvgIpc) is 2.85. The number of aryl methyl sites for hydroxylation is 2. The molecular weight excluding hydrogens is 498 g/mol. The molecule has 0 aliphatic heterocycles. The summed E-state index contributed by atoms with van der Waals surface area (Å²) in [6.45, 7) is 15.1. The van der Waals surface area contributed by atoms with Gasteiger partial charge >= 0.3 is 6.09 Å². The molecule has 0 fully saturated rings. The Morgan fingerprint density at radius 2 is 1.74 bits per heavy atom. The number of hydrogen-bond acceptors (Lipinski definition) is 5. The predicted octanol–water partition coefficient (Wildman–Crippen LogP) is 6.12. The smallest absolute Gasteiger partial charge is 0.408 e. The molecular formula is C30H41N3O4S. The molecule has 0 aliphatic carbocycles. The fraction of sp³-hybridized carbons (Fsp3) is 0.433. The number of para-hydroxylation sites is 1. The maximum absolute atomic E-state index is 14.0. The third-order valence-electron chi connectivity index (χ3n) is 5.97. The molecule has 0 heterocycles. The lowest BCUT2D eigenvalue weighted by Crippen LogP contribution is -2.52. The van der Waals surface area contributed by atoms with Gasteiger partial charge in [-0.3, -0.25) is 9.59 Å². The van der Waals surface area contributed by atoms with Gasteiger partial charge in [0, 0.05) is 12.2 Å². The monoisotopic (exact) mass is 539 g/mol. The van der Waals surface area contributed by atoms with Crippen molar-refractivity contribution in [2.75, 3.05) is 23.9 Å². The van der Waals surface area contributed by atoms with Crippen LogP contribution in [0.2, 0.25) is 0 Å². The highest BCUT2D eigenvalue weighted by atomic mass is 32.2. The normalized spacial score (nSPS) is 12.7. The van der Waals surface area contributed by atoms with Crippen LogP contribution in [0.4, 0.5) is 10.5 Å². The summed E-state index contributed by atoms with van der Waals surface area (Å²) in [4.78, 5) is 42.1. The van der Waals surface area contributed by atoms with E-state index in [9.17, 15) is 14.4 Å². The molecule has 2 atom stereocenters. The van der Waals surface area contributed by atoms with Crippen molar-refractivity contribution in [2.45, 2.75) is 65.6 Å². The van der Waals surface area contributed by atoms with Crippen molar-refractivity contribution in [3.05, 3.63) is 71.3 Å². The molecule has 8 heteroatoms. The lowest BCUT2D eigenvalue weighted by atomic mass is 9.99. The Morgan fingerprint density at radius 1 is 1.11 bits per heavy atom. The maximum Gasteiger partial charge on any atom is 0.408 e. The topological polar surface area (TPSA) is 87.7 Å². The van der Waals surface area contributed by atoms with Crippen LogP contribution in [0.15, 0.2) is 49.0 Å². The summed E-state index contributed by atoms with van der Waals surface area (Å²) < 4.78 is 5.42. The van der Waals surface area contributed by atoms with Crippen molar-refractivity contribution in [3.63, 3.8) is 0 Å². The molecule has 0 radical (unpaired) electrons. The number of nitrogens with one attached hydrogen (secondary N) is 2. The highest BCUT2D eigenvalue weighted by Gasteiger charge is 2.35. The van der Waals surface area contributed by atoms with E-state index >= 15 is 0 Å². The fourth-order valence-electron chi connectivity index (χ4n) is 4.14. The zero-order chi connectivity index (χ0) is 28.5. The van der Waals surface area contributed by atoms with Gasteiger partial charge in [0.05, 0.1) is 0 Å². The van der Waals surface area contributed by atoms with Gasteiger partial charge < -0.3 is 20.3 Å². The van der Waals surface area contributed by atoms with Crippen LogP contribution in [0, 0.1) is 13.8 Å². The number of nitrogens with zero attached hydrogens (tertiary/aromatic N) is 1. The van der Waals surface area contributed by atoms with E-state index in [1.54, 1.807) is 38.6 Å². The van der Waals surface area contributed by atoms with Crippen LogP contribution in [0.5, 0.6) is 0 Å². The Kier molecular flexibility index (Phi) is 11.4. The lowest BCUT2D eigenvalue weighted by molar-refractivity contribution is -0.140. The van der Waals surface area contributed by atoms with E-state index in [2.05, 4.69) is 17.2 Å². The first kappa shape index (κ1) is 31.0. The first-order valence-electron chi connectivity index (χ1n) is 12.8. The highest BCUT2D eigenvalue weighted by Crippen LogP contribution is 2.28. The Morgan fingerprint density at radius 3 is 2.29 bits per heavy atom. The third kappa shape index (κ3) is 8.65. The molecule has 0 bridgehead atoms. The van der Waals surface area contributed by atoms with Gasteiger partial charge in [0.25, 0.3) is 5.91 Å². The minimum Gasteiger partial charge on any atom is -0.444 e. The molecule has 2 aromatic carbocycles. The van der Waals surface area contributed by atoms with Gasteiger partial charge in [-0.15, -0.1) is 0 Å². The van der Waals surface area contributed by atoms with E-state index in [1.807, 2.05) is 69.5 Å². The van der Waals surface area contributed by atoms with Gasteiger partial charge in [-0.1, -0.05) is 49.1 Å². The fourth-order valence-corrected chi connectivity index (χ4v) is 4.61. The number of likely N-dealkylation sites (N-methyl/N-ethyl adjacent to an activating group) is 1. The Hall–Kier alpha value is -3.26. The number of anilines is 1. The SMILES string of the molecule is C=Cc1cccc(C(C(=O)Nc2c(C)cccc2C)N(CC)C(=O)C(CCSC)NC(=O)OC(C)(C)C)c1. The molecule has 2 rings (SSSR count). The second kappa shape index (κ2) is 14.0. The van der Waals surface area contributed by atoms with Crippen LogP contribution >= 0.6 is 11.8 Å². The Bertz CT molecular complexity index is 1120. The summed E-state index contributed by atoms with van der Waals surface area (Å²) in [7, 11) is 0. The average molecular weight is 540 g/mol. The molecule has 2 N–H and O–H groups in total. The van der Waals surface area contributed by atoms with Crippen molar-refractivity contribution < 1.29 is 19.1 Å². The minimum absolute atomic E-state index is 0.258. The summed E-state index contributed by atoms with van der Waals surface area (Å²) in [6, 6.07) is 11.4. The van der Waals surface area contributed by atoms with E-state index in [0.717, 1.165) is 22.4 Å². The van der Waals surface area contributed by atoms with Crippen LogP contribution < -0.4 is 10.6 Å². The number of carbonyl (C=O) groups excluding carboxylic acids is 3. The first-order valence-corrected chi connectivity index (χ1v) is 14.2. The number of alkyl carbamates (subject to hydrolysis) is 1. The quantitative estimate of drug-likeness (QED) is 0.359.